The average Bonchev–Trinajstić information content (AvgIpc) is 2.19. The van der Waals surface area contributed by atoms with Crippen LogP contribution < -0.4 is 5.32 Å². The lowest BCUT2D eigenvalue weighted by Crippen LogP contribution is -2.34. The van der Waals surface area contributed by atoms with Crippen LogP contribution in [0, 0.1) is 0 Å². The molecule has 0 unspecified atom stereocenters. The van der Waals surface area contributed by atoms with E-state index in [1.807, 2.05) is 18.3 Å². The summed E-state index contributed by atoms with van der Waals surface area (Å²) in [5.74, 6) is 0.873. The maximum absolute atomic E-state index is 4.37. The SMILES string of the molecule is CC(C)(CNCCS)c1ccccn1. The molecule has 78 valence electrons. The third kappa shape index (κ3) is 3.31. The fourth-order valence-corrected chi connectivity index (χ4v) is 1.49. The van der Waals surface area contributed by atoms with E-state index in [0.29, 0.717) is 0 Å². The first-order valence-corrected chi connectivity index (χ1v) is 5.53. The lowest BCUT2D eigenvalue weighted by molar-refractivity contribution is 0.466. The fraction of sp³-hybridized carbons (Fsp3) is 0.545. The maximum Gasteiger partial charge on any atom is 0.0472 e. The molecular weight excluding hydrogens is 192 g/mol. The first-order valence-electron chi connectivity index (χ1n) is 4.90. The van der Waals surface area contributed by atoms with Gasteiger partial charge in [0.25, 0.3) is 0 Å². The van der Waals surface area contributed by atoms with Crippen molar-refractivity contribution in [2.24, 2.45) is 0 Å². The minimum atomic E-state index is 0.0875. The molecule has 14 heavy (non-hydrogen) atoms. The van der Waals surface area contributed by atoms with Crippen molar-refractivity contribution in [3.05, 3.63) is 30.1 Å². The van der Waals surface area contributed by atoms with E-state index in [1.54, 1.807) is 0 Å². The fourth-order valence-electron chi connectivity index (χ4n) is 1.33. The summed E-state index contributed by atoms with van der Waals surface area (Å²) < 4.78 is 0. The van der Waals surface area contributed by atoms with E-state index in [4.69, 9.17) is 0 Å². The molecule has 0 aliphatic rings. The van der Waals surface area contributed by atoms with E-state index in [9.17, 15) is 0 Å². The predicted molar refractivity (Wildman–Crippen MR) is 64.0 cm³/mol. The standard InChI is InChI=1S/C11H18N2S/c1-11(2,9-12-7-8-14)10-5-3-4-6-13-10/h3-6,12,14H,7-9H2,1-2H3. The van der Waals surface area contributed by atoms with E-state index in [2.05, 4.69) is 42.8 Å². The van der Waals surface area contributed by atoms with E-state index < -0.39 is 0 Å². The van der Waals surface area contributed by atoms with Crippen LogP contribution in [0.5, 0.6) is 0 Å². The van der Waals surface area contributed by atoms with Gasteiger partial charge in [-0.3, -0.25) is 4.98 Å². The van der Waals surface area contributed by atoms with Crippen molar-refractivity contribution in [1.29, 1.82) is 0 Å². The first kappa shape index (κ1) is 11.5. The van der Waals surface area contributed by atoms with Crippen LogP contribution in [0.1, 0.15) is 19.5 Å². The Balaban J connectivity index is 2.56. The number of hydrogen-bond acceptors (Lipinski definition) is 3. The number of nitrogens with zero attached hydrogens (tertiary/aromatic N) is 1. The molecule has 0 fully saturated rings. The molecule has 0 aliphatic carbocycles. The summed E-state index contributed by atoms with van der Waals surface area (Å²) >= 11 is 4.16. The van der Waals surface area contributed by atoms with Gasteiger partial charge < -0.3 is 5.32 Å². The van der Waals surface area contributed by atoms with Gasteiger partial charge >= 0.3 is 0 Å². The van der Waals surface area contributed by atoms with Gasteiger partial charge in [-0.1, -0.05) is 19.9 Å². The second-order valence-electron chi connectivity index (χ2n) is 4.00. The molecule has 0 aromatic carbocycles. The molecule has 1 rings (SSSR count). The van der Waals surface area contributed by atoms with E-state index in [0.717, 1.165) is 24.5 Å². The largest absolute Gasteiger partial charge is 0.315 e. The summed E-state index contributed by atoms with van der Waals surface area (Å²) in [5.41, 5.74) is 1.22. The van der Waals surface area contributed by atoms with Crippen molar-refractivity contribution >= 4 is 12.6 Å². The molecule has 2 nitrogen and oxygen atoms in total. The molecule has 0 bridgehead atoms. The molecule has 1 heterocycles. The molecule has 0 saturated carbocycles. The van der Waals surface area contributed by atoms with Gasteiger partial charge in [0.1, 0.15) is 0 Å². The van der Waals surface area contributed by atoms with Gasteiger partial charge in [0, 0.05) is 36.1 Å². The number of nitrogens with one attached hydrogen (secondary N) is 1. The number of aromatic nitrogens is 1. The number of hydrogen-bond donors (Lipinski definition) is 2. The molecule has 0 spiro atoms. The third-order valence-corrected chi connectivity index (χ3v) is 2.44. The van der Waals surface area contributed by atoms with Crippen LogP contribution in [0.15, 0.2) is 24.4 Å². The minimum Gasteiger partial charge on any atom is -0.315 e. The van der Waals surface area contributed by atoms with Crippen LogP contribution in [-0.4, -0.2) is 23.8 Å². The quantitative estimate of drug-likeness (QED) is 0.573. The molecule has 0 atom stereocenters. The molecule has 0 radical (unpaired) electrons. The molecule has 0 amide bonds. The molecule has 1 aromatic heterocycles. The maximum atomic E-state index is 4.37. The van der Waals surface area contributed by atoms with Crippen LogP contribution in [0.2, 0.25) is 0 Å². The van der Waals surface area contributed by atoms with Gasteiger partial charge in [-0.15, -0.1) is 0 Å². The van der Waals surface area contributed by atoms with Gasteiger partial charge in [0.05, 0.1) is 0 Å². The molecule has 0 saturated heterocycles. The highest BCUT2D eigenvalue weighted by molar-refractivity contribution is 7.80. The molecule has 1 aromatic rings. The first-order chi connectivity index (χ1) is 6.67. The van der Waals surface area contributed by atoms with Gasteiger partial charge in [-0.25, -0.2) is 0 Å². The van der Waals surface area contributed by atoms with Gasteiger partial charge in [0.2, 0.25) is 0 Å². The normalized spacial score (nSPS) is 11.6. The highest BCUT2D eigenvalue weighted by Gasteiger charge is 2.20. The summed E-state index contributed by atoms with van der Waals surface area (Å²) in [6, 6.07) is 6.05. The number of thiol groups is 1. The zero-order valence-corrected chi connectivity index (χ0v) is 9.72. The Hall–Kier alpha value is -0.540. The number of pyridine rings is 1. The molecule has 1 N–H and O–H groups in total. The van der Waals surface area contributed by atoms with Crippen molar-refractivity contribution in [3.63, 3.8) is 0 Å². The topological polar surface area (TPSA) is 24.9 Å². The third-order valence-electron chi connectivity index (χ3n) is 2.21. The van der Waals surface area contributed by atoms with Crippen molar-refractivity contribution < 1.29 is 0 Å². The average molecular weight is 210 g/mol. The van der Waals surface area contributed by atoms with Crippen molar-refractivity contribution in [2.45, 2.75) is 19.3 Å². The van der Waals surface area contributed by atoms with Gasteiger partial charge in [0.15, 0.2) is 0 Å². The Bertz CT molecular complexity index is 259. The van der Waals surface area contributed by atoms with Gasteiger partial charge in [-0.05, 0) is 12.1 Å². The lowest BCUT2D eigenvalue weighted by atomic mass is 9.89. The van der Waals surface area contributed by atoms with Crippen molar-refractivity contribution in [2.75, 3.05) is 18.8 Å². The highest BCUT2D eigenvalue weighted by Crippen LogP contribution is 2.19. The summed E-state index contributed by atoms with van der Waals surface area (Å²) in [7, 11) is 0. The van der Waals surface area contributed by atoms with Crippen molar-refractivity contribution in [3.8, 4) is 0 Å². The van der Waals surface area contributed by atoms with Crippen LogP contribution in [-0.2, 0) is 5.41 Å². The Labute approximate surface area is 91.5 Å². The monoisotopic (exact) mass is 210 g/mol. The second-order valence-corrected chi connectivity index (χ2v) is 4.45. The Morgan fingerprint density at radius 3 is 2.79 bits per heavy atom. The summed E-state index contributed by atoms with van der Waals surface area (Å²) in [6.45, 7) is 6.27. The zero-order chi connectivity index (χ0) is 10.4. The molecular formula is C11H18N2S. The Kier molecular flexibility index (Phi) is 4.42. The summed E-state index contributed by atoms with van der Waals surface area (Å²) in [5, 5.41) is 3.36. The van der Waals surface area contributed by atoms with Crippen LogP contribution in [0.4, 0.5) is 0 Å². The minimum absolute atomic E-state index is 0.0875. The van der Waals surface area contributed by atoms with Gasteiger partial charge in [-0.2, -0.15) is 12.6 Å². The lowest BCUT2D eigenvalue weighted by Gasteiger charge is -2.24. The highest BCUT2D eigenvalue weighted by atomic mass is 32.1. The smallest absolute Gasteiger partial charge is 0.0472 e. The predicted octanol–water partition coefficient (Wildman–Crippen LogP) is 1.88. The van der Waals surface area contributed by atoms with Crippen LogP contribution in [0.3, 0.4) is 0 Å². The summed E-state index contributed by atoms with van der Waals surface area (Å²) in [4.78, 5) is 4.37. The van der Waals surface area contributed by atoms with E-state index in [1.165, 1.54) is 0 Å². The van der Waals surface area contributed by atoms with Crippen molar-refractivity contribution in [1.82, 2.24) is 10.3 Å². The van der Waals surface area contributed by atoms with Crippen LogP contribution >= 0.6 is 12.6 Å². The number of rotatable bonds is 5. The Morgan fingerprint density at radius 2 is 2.21 bits per heavy atom. The Morgan fingerprint density at radius 1 is 1.43 bits per heavy atom. The molecule has 3 heteroatoms. The van der Waals surface area contributed by atoms with E-state index >= 15 is 0 Å². The second kappa shape index (κ2) is 5.37. The van der Waals surface area contributed by atoms with E-state index in [-0.39, 0.29) is 5.41 Å². The summed E-state index contributed by atoms with van der Waals surface area (Å²) in [6.07, 6.45) is 1.84. The molecule has 0 aliphatic heterocycles. The van der Waals surface area contributed by atoms with Crippen LogP contribution in [0.25, 0.3) is 0 Å². The zero-order valence-electron chi connectivity index (χ0n) is 8.83.